The van der Waals surface area contributed by atoms with E-state index in [1.807, 2.05) is 0 Å². The van der Waals surface area contributed by atoms with Crippen LogP contribution in [0.25, 0.3) is 0 Å². The van der Waals surface area contributed by atoms with Crippen LogP contribution in [0.5, 0.6) is 0 Å². The maximum Gasteiger partial charge on any atom is 0.328 e. The Morgan fingerprint density at radius 2 is 2.29 bits per heavy atom. The Balaban J connectivity index is 2.22. The van der Waals surface area contributed by atoms with E-state index in [1.165, 1.54) is 0 Å². The highest BCUT2D eigenvalue weighted by Crippen LogP contribution is 2.21. The van der Waals surface area contributed by atoms with Gasteiger partial charge in [0.1, 0.15) is 0 Å². The molecule has 0 saturated carbocycles. The SMILES string of the molecule is Cc1noc(NC(=O)c2cc(Br)ccc2Cl)n1. The molecule has 0 bridgehead atoms. The molecule has 0 atom stereocenters. The monoisotopic (exact) mass is 315 g/mol. The molecule has 1 aromatic carbocycles. The molecule has 88 valence electrons. The fourth-order valence-corrected chi connectivity index (χ4v) is 1.75. The molecule has 0 radical (unpaired) electrons. The number of halogens is 2. The Kier molecular flexibility index (Phi) is 3.44. The average molecular weight is 317 g/mol. The zero-order chi connectivity index (χ0) is 12.4. The minimum Gasteiger partial charge on any atom is -0.315 e. The number of carbonyl (C=O) groups is 1. The van der Waals surface area contributed by atoms with Gasteiger partial charge in [0, 0.05) is 4.47 Å². The van der Waals surface area contributed by atoms with Crippen molar-refractivity contribution in [3.8, 4) is 0 Å². The molecule has 2 aromatic rings. The predicted octanol–water partition coefficient (Wildman–Crippen LogP) is 3.05. The van der Waals surface area contributed by atoms with Gasteiger partial charge in [-0.05, 0) is 25.1 Å². The third-order valence-electron chi connectivity index (χ3n) is 1.92. The van der Waals surface area contributed by atoms with Gasteiger partial charge in [-0.1, -0.05) is 32.7 Å². The molecule has 0 aliphatic rings. The minimum atomic E-state index is -0.403. The quantitative estimate of drug-likeness (QED) is 0.924. The molecule has 17 heavy (non-hydrogen) atoms. The highest BCUT2D eigenvalue weighted by atomic mass is 79.9. The number of benzene rings is 1. The smallest absolute Gasteiger partial charge is 0.315 e. The van der Waals surface area contributed by atoms with Crippen molar-refractivity contribution in [2.75, 3.05) is 5.32 Å². The molecule has 2 rings (SSSR count). The van der Waals surface area contributed by atoms with Crippen molar-refractivity contribution in [2.24, 2.45) is 0 Å². The maximum atomic E-state index is 11.9. The number of aromatic nitrogens is 2. The Labute approximate surface area is 110 Å². The van der Waals surface area contributed by atoms with Crippen LogP contribution in [0.1, 0.15) is 16.2 Å². The highest BCUT2D eigenvalue weighted by molar-refractivity contribution is 9.10. The molecule has 1 N–H and O–H groups in total. The summed E-state index contributed by atoms with van der Waals surface area (Å²) < 4.78 is 5.54. The van der Waals surface area contributed by atoms with Gasteiger partial charge in [-0.2, -0.15) is 4.98 Å². The summed E-state index contributed by atoms with van der Waals surface area (Å²) in [5, 5.41) is 6.37. The first-order chi connectivity index (χ1) is 8.06. The summed E-state index contributed by atoms with van der Waals surface area (Å²) in [5.74, 6) is 0.0422. The van der Waals surface area contributed by atoms with E-state index in [4.69, 9.17) is 16.1 Å². The molecule has 0 aliphatic heterocycles. The van der Waals surface area contributed by atoms with E-state index in [2.05, 4.69) is 31.4 Å². The number of aryl methyl sites for hydroxylation is 1. The summed E-state index contributed by atoms with van der Waals surface area (Å²) in [7, 11) is 0. The summed E-state index contributed by atoms with van der Waals surface area (Å²) in [5.41, 5.74) is 0.330. The van der Waals surface area contributed by atoms with Crippen molar-refractivity contribution in [2.45, 2.75) is 6.92 Å². The van der Waals surface area contributed by atoms with Crippen molar-refractivity contribution < 1.29 is 9.32 Å². The highest BCUT2D eigenvalue weighted by Gasteiger charge is 2.13. The fourth-order valence-electron chi connectivity index (χ4n) is 1.18. The number of anilines is 1. The Hall–Kier alpha value is -1.40. The lowest BCUT2D eigenvalue weighted by atomic mass is 10.2. The van der Waals surface area contributed by atoms with Crippen molar-refractivity contribution in [3.05, 3.63) is 39.1 Å². The number of rotatable bonds is 2. The molecular weight excluding hydrogens is 309 g/mol. The second-order valence-corrected chi connectivity index (χ2v) is 4.55. The van der Waals surface area contributed by atoms with E-state index >= 15 is 0 Å². The second-order valence-electron chi connectivity index (χ2n) is 3.23. The molecule has 0 fully saturated rings. The Morgan fingerprint density at radius 3 is 2.94 bits per heavy atom. The first-order valence-electron chi connectivity index (χ1n) is 4.63. The maximum absolute atomic E-state index is 11.9. The summed E-state index contributed by atoms with van der Waals surface area (Å²) in [6.45, 7) is 1.66. The van der Waals surface area contributed by atoms with E-state index in [9.17, 15) is 4.79 Å². The number of nitrogens with zero attached hydrogens (tertiary/aromatic N) is 2. The van der Waals surface area contributed by atoms with Crippen molar-refractivity contribution in [3.63, 3.8) is 0 Å². The van der Waals surface area contributed by atoms with Crippen LogP contribution in [0.15, 0.2) is 27.2 Å². The summed E-state index contributed by atoms with van der Waals surface area (Å²) >= 11 is 9.18. The van der Waals surface area contributed by atoms with Gasteiger partial charge in [-0.15, -0.1) is 0 Å². The van der Waals surface area contributed by atoms with Crippen LogP contribution in [0, 0.1) is 6.92 Å². The largest absolute Gasteiger partial charge is 0.328 e. The topological polar surface area (TPSA) is 68.0 Å². The predicted molar refractivity (Wildman–Crippen MR) is 66.1 cm³/mol. The molecule has 1 amide bonds. The molecule has 7 heteroatoms. The molecule has 1 aromatic heterocycles. The summed E-state index contributed by atoms with van der Waals surface area (Å²) in [6.07, 6.45) is 0. The van der Waals surface area contributed by atoms with Crippen LogP contribution in [-0.2, 0) is 0 Å². The van der Waals surface area contributed by atoms with E-state index < -0.39 is 5.91 Å². The van der Waals surface area contributed by atoms with Crippen LogP contribution in [-0.4, -0.2) is 16.0 Å². The standard InChI is InChI=1S/C10H7BrClN3O2/c1-5-13-10(17-15-5)14-9(16)7-4-6(11)2-3-8(7)12/h2-4H,1H3,(H,13,14,15,16). The van der Waals surface area contributed by atoms with Crippen LogP contribution < -0.4 is 5.32 Å². The molecule has 0 spiro atoms. The molecule has 0 aliphatic carbocycles. The number of carbonyl (C=O) groups excluding carboxylic acids is 1. The number of nitrogens with one attached hydrogen (secondary N) is 1. The molecule has 5 nitrogen and oxygen atoms in total. The van der Waals surface area contributed by atoms with Crippen LogP contribution in [0.3, 0.4) is 0 Å². The van der Waals surface area contributed by atoms with E-state index in [-0.39, 0.29) is 6.01 Å². The zero-order valence-corrected chi connectivity index (χ0v) is 11.0. The van der Waals surface area contributed by atoms with Gasteiger partial charge in [0.25, 0.3) is 5.91 Å². The Bertz CT molecular complexity index is 570. The van der Waals surface area contributed by atoms with Crippen LogP contribution >= 0.6 is 27.5 Å². The van der Waals surface area contributed by atoms with E-state index in [0.717, 1.165) is 4.47 Å². The van der Waals surface area contributed by atoms with Crippen LogP contribution in [0.2, 0.25) is 5.02 Å². The van der Waals surface area contributed by atoms with Gasteiger partial charge in [0.2, 0.25) is 0 Å². The third kappa shape index (κ3) is 2.83. The average Bonchev–Trinajstić information content (AvgIpc) is 2.67. The molecule has 1 heterocycles. The number of amides is 1. The normalized spacial score (nSPS) is 10.3. The summed E-state index contributed by atoms with van der Waals surface area (Å²) in [6, 6.07) is 5.03. The molecule has 0 saturated heterocycles. The van der Waals surface area contributed by atoms with Gasteiger partial charge >= 0.3 is 6.01 Å². The third-order valence-corrected chi connectivity index (χ3v) is 2.74. The minimum absolute atomic E-state index is 0.0449. The van der Waals surface area contributed by atoms with Crippen molar-refractivity contribution >= 4 is 39.5 Å². The first-order valence-corrected chi connectivity index (χ1v) is 5.80. The lowest BCUT2D eigenvalue weighted by molar-refractivity contribution is 0.102. The van der Waals surface area contributed by atoms with Gasteiger partial charge in [0.15, 0.2) is 5.82 Å². The first kappa shape index (κ1) is 12.1. The zero-order valence-electron chi connectivity index (χ0n) is 8.70. The van der Waals surface area contributed by atoms with E-state index in [0.29, 0.717) is 16.4 Å². The molecule has 0 unspecified atom stereocenters. The fraction of sp³-hybridized carbons (Fsp3) is 0.100. The molecular formula is C10H7BrClN3O2. The van der Waals surface area contributed by atoms with Gasteiger partial charge in [0.05, 0.1) is 10.6 Å². The van der Waals surface area contributed by atoms with E-state index in [1.54, 1.807) is 25.1 Å². The van der Waals surface area contributed by atoms with Crippen LogP contribution in [0.4, 0.5) is 6.01 Å². The number of hydrogen-bond acceptors (Lipinski definition) is 4. The Morgan fingerprint density at radius 1 is 1.53 bits per heavy atom. The van der Waals surface area contributed by atoms with Gasteiger partial charge < -0.3 is 4.52 Å². The van der Waals surface area contributed by atoms with Gasteiger partial charge in [-0.3, -0.25) is 10.1 Å². The van der Waals surface area contributed by atoms with Crippen molar-refractivity contribution in [1.29, 1.82) is 0 Å². The summed E-state index contributed by atoms with van der Waals surface area (Å²) in [4.78, 5) is 15.7. The van der Waals surface area contributed by atoms with Gasteiger partial charge in [-0.25, -0.2) is 0 Å². The lowest BCUT2D eigenvalue weighted by Gasteiger charge is -2.03. The number of hydrogen-bond donors (Lipinski definition) is 1. The second kappa shape index (κ2) is 4.85. The van der Waals surface area contributed by atoms with Crippen molar-refractivity contribution in [1.82, 2.24) is 10.1 Å². The lowest BCUT2D eigenvalue weighted by Crippen LogP contribution is -2.12.